The number of carbonyl (C=O) groups is 1. The first-order valence-electron chi connectivity index (χ1n) is 9.95. The number of halogens is 2. The van der Waals surface area contributed by atoms with Gasteiger partial charge in [0.25, 0.3) is 11.6 Å². The van der Waals surface area contributed by atoms with Crippen LogP contribution in [0.15, 0.2) is 27.6 Å². The minimum Gasteiger partial charge on any atom is -0.390 e. The molecule has 4 aliphatic rings. The molecule has 0 radical (unpaired) electrons. The molecule has 4 bridgehead atoms. The number of pyridine rings is 1. The summed E-state index contributed by atoms with van der Waals surface area (Å²) < 4.78 is 0.328. The maximum absolute atomic E-state index is 13.1. The van der Waals surface area contributed by atoms with E-state index >= 15 is 0 Å². The number of rotatable bonds is 5. The third kappa shape index (κ3) is 3.95. The molecule has 2 heterocycles. The fourth-order valence-electron chi connectivity index (χ4n) is 5.93. The van der Waals surface area contributed by atoms with E-state index in [0.717, 1.165) is 55.2 Å². The lowest BCUT2D eigenvalue weighted by Gasteiger charge is -2.60. The van der Waals surface area contributed by atoms with Gasteiger partial charge in [-0.05, 0) is 50.4 Å². The third-order valence-corrected chi connectivity index (χ3v) is 9.77. The minimum atomic E-state index is -0.700. The number of aromatic nitrogens is 1. The second-order valence-corrected chi connectivity index (χ2v) is 12.1. The molecule has 164 valence electrons. The first-order chi connectivity index (χ1) is 14.7. The van der Waals surface area contributed by atoms with E-state index in [2.05, 4.69) is 10.3 Å². The van der Waals surface area contributed by atoms with Gasteiger partial charge >= 0.3 is 0 Å². The zero-order valence-electron chi connectivity index (χ0n) is 16.3. The van der Waals surface area contributed by atoms with Gasteiger partial charge in [-0.25, -0.2) is 0 Å². The van der Waals surface area contributed by atoms with Crippen LogP contribution < -0.4 is 5.32 Å². The Kier molecular flexibility index (Phi) is 5.25. The number of aliphatic hydroxyl groups is 1. The molecule has 2 aromatic rings. The van der Waals surface area contributed by atoms with Gasteiger partial charge in [-0.15, -0.1) is 11.3 Å². The molecule has 11 heteroatoms. The van der Waals surface area contributed by atoms with E-state index in [-0.39, 0.29) is 26.5 Å². The number of nitrogens with zero attached hydrogens (tertiary/aromatic N) is 2. The van der Waals surface area contributed by atoms with E-state index in [0.29, 0.717) is 27.4 Å². The quantitative estimate of drug-likeness (QED) is 0.425. The van der Waals surface area contributed by atoms with Crippen molar-refractivity contribution >= 4 is 57.9 Å². The second-order valence-electron chi connectivity index (χ2n) is 8.99. The van der Waals surface area contributed by atoms with E-state index in [1.807, 2.05) is 0 Å². The van der Waals surface area contributed by atoms with Crippen LogP contribution in [-0.2, 0) is 0 Å². The molecule has 2 aromatic heterocycles. The number of hydrogen-bond acceptors (Lipinski definition) is 7. The molecule has 2 atom stereocenters. The van der Waals surface area contributed by atoms with Crippen LogP contribution in [0.5, 0.6) is 0 Å². The number of amides is 1. The highest BCUT2D eigenvalue weighted by Crippen LogP contribution is 2.57. The summed E-state index contributed by atoms with van der Waals surface area (Å²) in [4.78, 5) is 28.9. The van der Waals surface area contributed by atoms with Gasteiger partial charge in [0, 0.05) is 24.0 Å². The maximum atomic E-state index is 13.1. The molecule has 0 aliphatic heterocycles. The monoisotopic (exact) mass is 499 g/mol. The van der Waals surface area contributed by atoms with Crippen molar-refractivity contribution in [2.75, 3.05) is 0 Å². The van der Waals surface area contributed by atoms with Crippen molar-refractivity contribution in [3.63, 3.8) is 0 Å². The molecule has 4 aliphatic carbocycles. The predicted molar refractivity (Wildman–Crippen MR) is 119 cm³/mol. The molecule has 1 amide bonds. The van der Waals surface area contributed by atoms with Gasteiger partial charge in [0.1, 0.15) is 9.09 Å². The molecule has 0 saturated heterocycles. The number of nitrogens with one attached hydrogen (secondary N) is 1. The van der Waals surface area contributed by atoms with Crippen LogP contribution in [-0.4, -0.2) is 32.1 Å². The molecular weight excluding hydrogens is 481 g/mol. The second kappa shape index (κ2) is 7.59. The summed E-state index contributed by atoms with van der Waals surface area (Å²) in [5.41, 5.74) is -1.29. The lowest BCUT2D eigenvalue weighted by molar-refractivity contribution is -0.387. The zero-order chi connectivity index (χ0) is 22.0. The Hall–Kier alpha value is -1.39. The smallest absolute Gasteiger partial charge is 0.294 e. The first-order valence-corrected chi connectivity index (χ1v) is 12.3. The summed E-state index contributed by atoms with van der Waals surface area (Å²) in [7, 11) is 0. The summed E-state index contributed by atoms with van der Waals surface area (Å²) in [5, 5.41) is 26.3. The van der Waals surface area contributed by atoms with E-state index in [1.165, 1.54) is 18.5 Å². The van der Waals surface area contributed by atoms with Crippen molar-refractivity contribution in [3.05, 3.63) is 43.5 Å². The normalized spacial score (nSPS) is 31.1. The van der Waals surface area contributed by atoms with Gasteiger partial charge < -0.3 is 10.4 Å². The van der Waals surface area contributed by atoms with Crippen molar-refractivity contribution in [1.82, 2.24) is 10.3 Å². The highest BCUT2D eigenvalue weighted by Gasteiger charge is 2.57. The SMILES string of the molecule is O=C(NC12CC3CC(CC(O)(C3)C1)C2)c1cc([N+](=O)[O-])c(Sc2c(Cl)cncc2Cl)s1. The Bertz CT molecular complexity index is 1060. The van der Waals surface area contributed by atoms with Crippen molar-refractivity contribution in [1.29, 1.82) is 0 Å². The summed E-state index contributed by atoms with van der Waals surface area (Å²) in [5.74, 6) is 0.509. The number of carbonyl (C=O) groups excluding carboxylic acids is 1. The fourth-order valence-corrected chi connectivity index (χ4v) is 8.69. The Balaban J connectivity index is 1.41. The summed E-state index contributed by atoms with van der Waals surface area (Å²) in [6.07, 6.45) is 7.82. The average Bonchev–Trinajstić information content (AvgIpc) is 3.07. The van der Waals surface area contributed by atoms with Gasteiger partial charge in [-0.2, -0.15) is 0 Å². The fraction of sp³-hybridized carbons (Fsp3) is 0.500. The summed E-state index contributed by atoms with van der Waals surface area (Å²) in [6.45, 7) is 0. The van der Waals surface area contributed by atoms with Crippen LogP contribution in [0.4, 0.5) is 5.69 Å². The maximum Gasteiger partial charge on any atom is 0.294 e. The van der Waals surface area contributed by atoms with Crippen molar-refractivity contribution in [2.24, 2.45) is 11.8 Å². The van der Waals surface area contributed by atoms with Crippen molar-refractivity contribution < 1.29 is 14.8 Å². The lowest BCUT2D eigenvalue weighted by Crippen LogP contribution is -2.65. The van der Waals surface area contributed by atoms with Gasteiger partial charge in [0.15, 0.2) is 0 Å². The summed E-state index contributed by atoms with van der Waals surface area (Å²) in [6, 6.07) is 1.31. The molecule has 0 aromatic carbocycles. The van der Waals surface area contributed by atoms with Gasteiger partial charge in [0.05, 0.1) is 25.5 Å². The molecule has 6 rings (SSSR count). The highest BCUT2D eigenvalue weighted by molar-refractivity contribution is 8.01. The van der Waals surface area contributed by atoms with Gasteiger partial charge in [0.2, 0.25) is 0 Å². The Morgan fingerprint density at radius 2 is 1.90 bits per heavy atom. The van der Waals surface area contributed by atoms with Crippen LogP contribution in [0.3, 0.4) is 0 Å². The molecule has 0 spiro atoms. The molecule has 31 heavy (non-hydrogen) atoms. The standard InChI is InChI=1S/C20H19Cl2N3O4S2/c21-12-7-23-8-13(22)16(12)31-18-14(25(28)29)2-15(30-18)17(26)24-19-3-10-1-11(4-19)6-20(27,5-10)9-19/h2,7-8,10-11,27H,1,3-6,9H2,(H,24,26). The van der Waals surface area contributed by atoms with Gasteiger partial charge in [-0.1, -0.05) is 35.0 Å². The van der Waals surface area contributed by atoms with Crippen LogP contribution in [0.1, 0.15) is 48.2 Å². The zero-order valence-corrected chi connectivity index (χ0v) is 19.4. The molecule has 2 N–H and O–H groups in total. The number of thiophene rings is 1. The largest absolute Gasteiger partial charge is 0.390 e. The average molecular weight is 500 g/mol. The Morgan fingerprint density at radius 3 is 2.48 bits per heavy atom. The van der Waals surface area contributed by atoms with Crippen LogP contribution in [0.25, 0.3) is 0 Å². The van der Waals surface area contributed by atoms with E-state index in [4.69, 9.17) is 23.2 Å². The van der Waals surface area contributed by atoms with E-state index in [9.17, 15) is 20.0 Å². The molecule has 2 unspecified atom stereocenters. The number of nitro groups is 1. The van der Waals surface area contributed by atoms with Crippen LogP contribution in [0.2, 0.25) is 10.0 Å². The molecule has 4 fully saturated rings. The molecule has 7 nitrogen and oxygen atoms in total. The van der Waals surface area contributed by atoms with Crippen LogP contribution in [0, 0.1) is 22.0 Å². The summed E-state index contributed by atoms with van der Waals surface area (Å²) >= 11 is 14.4. The first kappa shape index (κ1) is 21.5. The van der Waals surface area contributed by atoms with Crippen molar-refractivity contribution in [3.8, 4) is 0 Å². The van der Waals surface area contributed by atoms with E-state index in [1.54, 1.807) is 0 Å². The van der Waals surface area contributed by atoms with Crippen molar-refractivity contribution in [2.45, 2.75) is 58.8 Å². The van der Waals surface area contributed by atoms with Crippen LogP contribution >= 0.6 is 46.3 Å². The number of hydrogen-bond donors (Lipinski definition) is 2. The van der Waals surface area contributed by atoms with Gasteiger partial charge in [-0.3, -0.25) is 19.9 Å². The predicted octanol–water partition coefficient (Wildman–Crippen LogP) is 5.32. The minimum absolute atomic E-state index is 0.159. The third-order valence-electron chi connectivity index (χ3n) is 6.51. The molecular formula is C20H19Cl2N3O4S2. The molecule has 4 saturated carbocycles. The topological polar surface area (TPSA) is 105 Å². The Labute approximate surface area is 196 Å². The highest BCUT2D eigenvalue weighted by atomic mass is 35.5. The lowest BCUT2D eigenvalue weighted by atomic mass is 9.51. The Morgan fingerprint density at radius 1 is 1.26 bits per heavy atom. The van der Waals surface area contributed by atoms with E-state index < -0.39 is 16.1 Å².